The highest BCUT2D eigenvalue weighted by molar-refractivity contribution is 7.09. The minimum absolute atomic E-state index is 0.0186. The molecule has 23 heavy (non-hydrogen) atoms. The van der Waals surface area contributed by atoms with Crippen LogP contribution in [0.4, 0.5) is 0 Å². The van der Waals surface area contributed by atoms with Gasteiger partial charge in [0.2, 0.25) is 0 Å². The van der Waals surface area contributed by atoms with E-state index in [9.17, 15) is 0 Å². The predicted octanol–water partition coefficient (Wildman–Crippen LogP) is 2.48. The van der Waals surface area contributed by atoms with E-state index in [4.69, 9.17) is 4.74 Å². The second kappa shape index (κ2) is 6.67. The monoisotopic (exact) mass is 335 g/mol. The number of nitrogens with one attached hydrogen (secondary N) is 1. The molecule has 0 aromatic carbocycles. The van der Waals surface area contributed by atoms with Crippen molar-refractivity contribution in [3.8, 4) is 0 Å². The van der Waals surface area contributed by atoms with Crippen LogP contribution in [0.25, 0.3) is 0 Å². The third-order valence-electron chi connectivity index (χ3n) is 4.13. The number of aromatic nitrogens is 4. The first-order chi connectivity index (χ1) is 10.9. The fourth-order valence-corrected chi connectivity index (χ4v) is 3.42. The maximum absolute atomic E-state index is 5.90. The van der Waals surface area contributed by atoms with Gasteiger partial charge in [0.15, 0.2) is 11.6 Å². The van der Waals surface area contributed by atoms with Crippen LogP contribution >= 0.6 is 11.3 Å². The Morgan fingerprint density at radius 1 is 1.43 bits per heavy atom. The third kappa shape index (κ3) is 3.97. The largest absolute Gasteiger partial charge is 0.368 e. The summed E-state index contributed by atoms with van der Waals surface area (Å²) in [7, 11) is 0. The molecule has 0 spiro atoms. The van der Waals surface area contributed by atoms with Crippen LogP contribution in [0.15, 0.2) is 5.51 Å². The summed E-state index contributed by atoms with van der Waals surface area (Å²) in [5, 5.41) is 7.41. The Morgan fingerprint density at radius 3 is 2.91 bits per heavy atom. The second-order valence-corrected chi connectivity index (χ2v) is 8.00. The summed E-state index contributed by atoms with van der Waals surface area (Å²) in [5.74, 6) is 1.68. The quantitative estimate of drug-likeness (QED) is 0.930. The Kier molecular flexibility index (Phi) is 4.79. The van der Waals surface area contributed by atoms with Crippen molar-refractivity contribution in [2.24, 2.45) is 0 Å². The molecule has 6 nitrogen and oxygen atoms in total. The number of rotatable bonds is 4. The fourth-order valence-electron chi connectivity index (χ4n) is 2.65. The Labute approximate surface area is 141 Å². The zero-order chi connectivity index (χ0) is 16.4. The fraction of sp³-hybridized carbons (Fsp3) is 0.688. The Hall–Kier alpha value is -1.31. The SMILES string of the molecule is Cc1ncsc1CCN1CCO[C@H](c2nc(C(C)(C)C)n[nH]2)C1. The zero-order valence-electron chi connectivity index (χ0n) is 14.3. The van der Waals surface area contributed by atoms with Crippen molar-refractivity contribution in [1.29, 1.82) is 0 Å². The molecule has 1 N–H and O–H groups in total. The summed E-state index contributed by atoms with van der Waals surface area (Å²) in [6, 6.07) is 0. The Bertz CT molecular complexity index is 645. The molecule has 1 fully saturated rings. The number of morpholine rings is 1. The standard InChI is InChI=1S/C16H25N5OS/c1-11-13(23-10-17-11)5-6-21-7-8-22-12(9-21)14-18-15(20-19-14)16(2,3)4/h10,12H,5-9H2,1-4H3,(H,18,19,20)/t12-/m0/s1. The maximum Gasteiger partial charge on any atom is 0.156 e. The minimum atomic E-state index is -0.0488. The molecule has 1 atom stereocenters. The maximum atomic E-state index is 5.90. The van der Waals surface area contributed by atoms with Crippen molar-refractivity contribution in [3.63, 3.8) is 0 Å². The predicted molar refractivity (Wildman–Crippen MR) is 90.8 cm³/mol. The van der Waals surface area contributed by atoms with Gasteiger partial charge in [-0.2, -0.15) is 5.10 Å². The molecule has 126 valence electrons. The van der Waals surface area contributed by atoms with Crippen molar-refractivity contribution >= 4 is 11.3 Å². The first-order valence-corrected chi connectivity index (χ1v) is 8.97. The average molecular weight is 335 g/mol. The topological polar surface area (TPSA) is 66.9 Å². The highest BCUT2D eigenvalue weighted by Gasteiger charge is 2.27. The lowest BCUT2D eigenvalue weighted by Crippen LogP contribution is -2.39. The van der Waals surface area contributed by atoms with Gasteiger partial charge in [0.05, 0.1) is 17.8 Å². The van der Waals surface area contributed by atoms with Gasteiger partial charge in [-0.25, -0.2) is 9.97 Å². The number of aromatic amines is 1. The number of nitrogens with zero attached hydrogens (tertiary/aromatic N) is 4. The van der Waals surface area contributed by atoms with Crippen LogP contribution < -0.4 is 0 Å². The minimum Gasteiger partial charge on any atom is -0.368 e. The van der Waals surface area contributed by atoms with Crippen molar-refractivity contribution < 1.29 is 4.74 Å². The van der Waals surface area contributed by atoms with E-state index in [0.717, 1.165) is 50.0 Å². The lowest BCUT2D eigenvalue weighted by molar-refractivity contribution is -0.0337. The molecule has 0 saturated carbocycles. The van der Waals surface area contributed by atoms with Gasteiger partial charge >= 0.3 is 0 Å². The first-order valence-electron chi connectivity index (χ1n) is 8.09. The normalized spacial score (nSPS) is 20.1. The molecule has 1 aliphatic heterocycles. The lowest BCUT2D eigenvalue weighted by Gasteiger charge is -2.31. The van der Waals surface area contributed by atoms with Gasteiger partial charge in [-0.3, -0.25) is 10.00 Å². The van der Waals surface area contributed by atoms with E-state index in [2.05, 4.69) is 52.8 Å². The van der Waals surface area contributed by atoms with Gasteiger partial charge in [0.25, 0.3) is 0 Å². The summed E-state index contributed by atoms with van der Waals surface area (Å²) in [4.78, 5) is 12.8. The molecule has 1 saturated heterocycles. The summed E-state index contributed by atoms with van der Waals surface area (Å²) < 4.78 is 5.90. The Balaban J connectivity index is 1.60. The van der Waals surface area contributed by atoms with Gasteiger partial charge in [0.1, 0.15) is 6.10 Å². The van der Waals surface area contributed by atoms with Crippen LogP contribution in [-0.2, 0) is 16.6 Å². The molecule has 0 bridgehead atoms. The number of hydrogen-bond acceptors (Lipinski definition) is 6. The molecule has 2 aromatic rings. The molecule has 0 aliphatic carbocycles. The molecular weight excluding hydrogens is 310 g/mol. The molecule has 3 heterocycles. The summed E-state index contributed by atoms with van der Waals surface area (Å²) in [6.07, 6.45) is 1.03. The van der Waals surface area contributed by atoms with Gasteiger partial charge < -0.3 is 4.74 Å². The molecule has 1 aliphatic rings. The van der Waals surface area contributed by atoms with E-state index in [1.54, 1.807) is 11.3 Å². The van der Waals surface area contributed by atoms with Gasteiger partial charge in [-0.15, -0.1) is 11.3 Å². The van der Waals surface area contributed by atoms with Crippen LogP contribution in [0, 0.1) is 6.92 Å². The van der Waals surface area contributed by atoms with Crippen molar-refractivity contribution in [2.75, 3.05) is 26.2 Å². The number of H-pyrrole nitrogens is 1. The summed E-state index contributed by atoms with van der Waals surface area (Å²) in [5.41, 5.74) is 3.03. The van der Waals surface area contributed by atoms with Crippen molar-refractivity contribution in [3.05, 3.63) is 27.7 Å². The van der Waals surface area contributed by atoms with Crippen LogP contribution in [0.5, 0.6) is 0 Å². The molecule has 0 unspecified atom stereocenters. The van der Waals surface area contributed by atoms with E-state index in [1.165, 1.54) is 4.88 Å². The first kappa shape index (κ1) is 16.5. The Morgan fingerprint density at radius 2 is 2.26 bits per heavy atom. The molecule has 2 aromatic heterocycles. The van der Waals surface area contributed by atoms with E-state index >= 15 is 0 Å². The molecule has 0 amide bonds. The summed E-state index contributed by atoms with van der Waals surface area (Å²) in [6.45, 7) is 12.0. The van der Waals surface area contributed by atoms with Crippen molar-refractivity contribution in [1.82, 2.24) is 25.1 Å². The van der Waals surface area contributed by atoms with E-state index in [-0.39, 0.29) is 11.5 Å². The van der Waals surface area contributed by atoms with Crippen LogP contribution in [-0.4, -0.2) is 51.3 Å². The highest BCUT2D eigenvalue weighted by Crippen LogP contribution is 2.23. The summed E-state index contributed by atoms with van der Waals surface area (Å²) >= 11 is 1.74. The molecule has 0 radical (unpaired) electrons. The average Bonchev–Trinajstić information content (AvgIpc) is 3.14. The molecule has 7 heteroatoms. The smallest absolute Gasteiger partial charge is 0.156 e. The van der Waals surface area contributed by atoms with Crippen LogP contribution in [0.3, 0.4) is 0 Å². The van der Waals surface area contributed by atoms with Crippen LogP contribution in [0.1, 0.15) is 49.1 Å². The second-order valence-electron chi connectivity index (χ2n) is 7.07. The molecular formula is C16H25N5OS. The zero-order valence-corrected chi connectivity index (χ0v) is 15.1. The number of ether oxygens (including phenoxy) is 1. The number of aryl methyl sites for hydroxylation is 1. The van der Waals surface area contributed by atoms with Gasteiger partial charge in [-0.05, 0) is 13.3 Å². The van der Waals surface area contributed by atoms with Gasteiger partial charge in [0, 0.05) is 29.9 Å². The van der Waals surface area contributed by atoms with E-state index in [1.807, 2.05) is 5.51 Å². The van der Waals surface area contributed by atoms with Crippen LogP contribution in [0.2, 0.25) is 0 Å². The number of thiazole rings is 1. The third-order valence-corrected chi connectivity index (χ3v) is 5.12. The van der Waals surface area contributed by atoms with Gasteiger partial charge in [-0.1, -0.05) is 20.8 Å². The van der Waals surface area contributed by atoms with Crippen molar-refractivity contribution in [2.45, 2.75) is 45.6 Å². The molecule has 3 rings (SSSR count). The highest BCUT2D eigenvalue weighted by atomic mass is 32.1. The lowest BCUT2D eigenvalue weighted by atomic mass is 9.96. The number of hydrogen-bond donors (Lipinski definition) is 1. The van der Waals surface area contributed by atoms with E-state index < -0.39 is 0 Å². The van der Waals surface area contributed by atoms with E-state index in [0.29, 0.717) is 0 Å².